The first-order valence-electron chi connectivity index (χ1n) is 5.38. The van der Waals surface area contributed by atoms with Gasteiger partial charge in [-0.15, -0.1) is 0 Å². The highest BCUT2D eigenvalue weighted by atomic mass is 15.2. The third-order valence-corrected chi connectivity index (χ3v) is 2.70. The summed E-state index contributed by atoms with van der Waals surface area (Å²) in [5, 5.41) is 0. The van der Waals surface area contributed by atoms with Crippen molar-refractivity contribution in [1.82, 2.24) is 9.97 Å². The monoisotopic (exact) mass is 224 g/mol. The quantitative estimate of drug-likeness (QED) is 0.463. The van der Waals surface area contributed by atoms with E-state index in [2.05, 4.69) is 15.4 Å². The zero-order chi connectivity index (χ0) is 11.7. The Kier molecular flexibility index (Phi) is 2.27. The second-order valence-corrected chi connectivity index (χ2v) is 3.83. The Morgan fingerprint density at radius 3 is 2.65 bits per heavy atom. The van der Waals surface area contributed by atoms with E-state index < -0.39 is 0 Å². The van der Waals surface area contributed by atoms with Gasteiger partial charge in [0, 0.05) is 5.56 Å². The smallest absolute Gasteiger partial charge is 0.138 e. The molecule has 0 radical (unpaired) electrons. The number of anilines is 1. The van der Waals surface area contributed by atoms with E-state index in [1.54, 1.807) is 0 Å². The predicted octanol–water partition coefficient (Wildman–Crippen LogP) is 2.52. The maximum atomic E-state index is 5.37. The molecular weight excluding hydrogens is 212 g/mol. The second-order valence-electron chi connectivity index (χ2n) is 3.83. The molecule has 0 aliphatic heterocycles. The predicted molar refractivity (Wildman–Crippen MR) is 69.3 cm³/mol. The molecule has 0 atom stereocenters. The summed E-state index contributed by atoms with van der Waals surface area (Å²) in [5.74, 6) is 6.24. The van der Waals surface area contributed by atoms with Crippen molar-refractivity contribution < 1.29 is 0 Å². The van der Waals surface area contributed by atoms with Crippen LogP contribution < -0.4 is 11.3 Å². The van der Waals surface area contributed by atoms with Gasteiger partial charge >= 0.3 is 0 Å². The molecule has 84 valence electrons. The Morgan fingerprint density at radius 2 is 1.88 bits per heavy atom. The van der Waals surface area contributed by atoms with Crippen LogP contribution in [-0.2, 0) is 0 Å². The van der Waals surface area contributed by atoms with Gasteiger partial charge in [0.05, 0.1) is 16.7 Å². The van der Waals surface area contributed by atoms with Crippen LogP contribution in [0, 0.1) is 0 Å². The zero-order valence-corrected chi connectivity index (χ0v) is 9.14. The van der Waals surface area contributed by atoms with E-state index in [9.17, 15) is 0 Å². The van der Waals surface area contributed by atoms with Crippen molar-refractivity contribution in [2.45, 2.75) is 0 Å². The van der Waals surface area contributed by atoms with Crippen LogP contribution >= 0.6 is 0 Å². The number of hydrazine groups is 1. The summed E-state index contributed by atoms with van der Waals surface area (Å²) >= 11 is 0. The molecule has 17 heavy (non-hydrogen) atoms. The highest BCUT2D eigenvalue weighted by Gasteiger charge is 2.04. The van der Waals surface area contributed by atoms with Gasteiger partial charge in [0.1, 0.15) is 5.82 Å². The van der Waals surface area contributed by atoms with Gasteiger partial charge in [0.2, 0.25) is 0 Å². The average molecular weight is 224 g/mol. The first-order chi connectivity index (χ1) is 8.36. The molecule has 0 aliphatic rings. The molecule has 0 amide bonds. The van der Waals surface area contributed by atoms with Gasteiger partial charge < -0.3 is 10.4 Å². The van der Waals surface area contributed by atoms with Crippen molar-refractivity contribution in [3.05, 3.63) is 48.5 Å². The Morgan fingerprint density at radius 1 is 1.06 bits per heavy atom. The highest BCUT2D eigenvalue weighted by molar-refractivity contribution is 5.82. The lowest BCUT2D eigenvalue weighted by Crippen LogP contribution is -2.05. The summed E-state index contributed by atoms with van der Waals surface area (Å²) in [7, 11) is 0. The minimum absolute atomic E-state index is 0.862. The van der Waals surface area contributed by atoms with Gasteiger partial charge in [0.15, 0.2) is 0 Å². The minimum atomic E-state index is 0.862. The molecule has 4 heteroatoms. The van der Waals surface area contributed by atoms with Crippen LogP contribution in [0.25, 0.3) is 22.4 Å². The fourth-order valence-corrected chi connectivity index (χ4v) is 1.83. The van der Waals surface area contributed by atoms with E-state index in [0.29, 0.717) is 0 Å². The maximum Gasteiger partial charge on any atom is 0.138 e. The third kappa shape index (κ3) is 1.74. The van der Waals surface area contributed by atoms with Gasteiger partial charge in [-0.3, -0.25) is 5.84 Å². The van der Waals surface area contributed by atoms with Crippen LogP contribution in [0.5, 0.6) is 0 Å². The number of nitrogens with two attached hydrogens (primary N) is 1. The van der Waals surface area contributed by atoms with E-state index in [1.165, 1.54) is 0 Å². The Labute approximate surface area is 98.5 Å². The van der Waals surface area contributed by atoms with E-state index in [0.717, 1.165) is 28.1 Å². The van der Waals surface area contributed by atoms with Crippen molar-refractivity contribution in [2.75, 3.05) is 5.43 Å². The standard InChI is InChI=1S/C13H12N4/c14-17-10-6-7-11-12(8-10)16-13(15-11)9-4-2-1-3-5-9/h1-8,17H,14H2,(H,15,16). The number of hydrogen-bond acceptors (Lipinski definition) is 3. The summed E-state index contributed by atoms with van der Waals surface area (Å²) < 4.78 is 0. The number of H-pyrrole nitrogens is 1. The lowest BCUT2D eigenvalue weighted by molar-refractivity contribution is 1.33. The van der Waals surface area contributed by atoms with Crippen LogP contribution in [-0.4, -0.2) is 9.97 Å². The van der Waals surface area contributed by atoms with Gasteiger partial charge in [-0.25, -0.2) is 4.98 Å². The summed E-state index contributed by atoms with van der Waals surface area (Å²) in [6, 6.07) is 15.8. The molecule has 3 rings (SSSR count). The first kappa shape index (κ1) is 9.86. The van der Waals surface area contributed by atoms with E-state index >= 15 is 0 Å². The van der Waals surface area contributed by atoms with Gasteiger partial charge in [0.25, 0.3) is 0 Å². The highest BCUT2D eigenvalue weighted by Crippen LogP contribution is 2.22. The minimum Gasteiger partial charge on any atom is -0.338 e. The van der Waals surface area contributed by atoms with Crippen LogP contribution in [0.4, 0.5) is 5.69 Å². The fraction of sp³-hybridized carbons (Fsp3) is 0. The molecule has 0 fully saturated rings. The molecular formula is C13H12N4. The first-order valence-corrected chi connectivity index (χ1v) is 5.38. The Balaban J connectivity index is 2.14. The largest absolute Gasteiger partial charge is 0.338 e. The van der Waals surface area contributed by atoms with Gasteiger partial charge in [-0.2, -0.15) is 0 Å². The molecule has 1 heterocycles. The molecule has 0 saturated heterocycles. The Bertz CT molecular complexity index is 643. The number of nitrogens with one attached hydrogen (secondary N) is 2. The summed E-state index contributed by atoms with van der Waals surface area (Å²) in [4.78, 5) is 7.81. The van der Waals surface area contributed by atoms with Crippen molar-refractivity contribution in [2.24, 2.45) is 5.84 Å². The Hall–Kier alpha value is -2.33. The number of rotatable bonds is 2. The summed E-state index contributed by atoms with van der Waals surface area (Å²) in [5.41, 5.74) is 6.46. The molecule has 0 unspecified atom stereocenters. The van der Waals surface area contributed by atoms with Gasteiger partial charge in [-0.1, -0.05) is 30.3 Å². The molecule has 0 spiro atoms. The molecule has 1 aromatic heterocycles. The average Bonchev–Trinajstić information content (AvgIpc) is 2.82. The van der Waals surface area contributed by atoms with Crippen molar-refractivity contribution in [3.63, 3.8) is 0 Å². The molecule has 4 nitrogen and oxygen atoms in total. The van der Waals surface area contributed by atoms with Gasteiger partial charge in [-0.05, 0) is 18.2 Å². The third-order valence-electron chi connectivity index (χ3n) is 2.70. The van der Waals surface area contributed by atoms with E-state index in [-0.39, 0.29) is 0 Å². The van der Waals surface area contributed by atoms with Crippen molar-refractivity contribution >= 4 is 16.7 Å². The number of nitrogen functional groups attached to an aromatic ring is 1. The van der Waals surface area contributed by atoms with Crippen molar-refractivity contribution in [1.29, 1.82) is 0 Å². The van der Waals surface area contributed by atoms with Crippen LogP contribution in [0.3, 0.4) is 0 Å². The second kappa shape index (κ2) is 3.92. The molecule has 4 N–H and O–H groups in total. The molecule has 3 aromatic rings. The summed E-state index contributed by atoms with van der Waals surface area (Å²) in [6.07, 6.45) is 0. The SMILES string of the molecule is NNc1ccc2nc(-c3ccccc3)[nH]c2c1. The number of hydrogen-bond donors (Lipinski definition) is 3. The van der Waals surface area contributed by atoms with E-state index in [1.807, 2.05) is 48.5 Å². The normalized spacial score (nSPS) is 10.6. The molecule has 2 aromatic carbocycles. The molecule has 0 bridgehead atoms. The fourth-order valence-electron chi connectivity index (χ4n) is 1.83. The number of benzene rings is 2. The van der Waals surface area contributed by atoms with Crippen molar-refractivity contribution in [3.8, 4) is 11.4 Å². The number of nitrogens with zero attached hydrogens (tertiary/aromatic N) is 1. The summed E-state index contributed by atoms with van der Waals surface area (Å²) in [6.45, 7) is 0. The topological polar surface area (TPSA) is 66.7 Å². The lowest BCUT2D eigenvalue weighted by Gasteiger charge is -1.97. The molecule has 0 saturated carbocycles. The maximum absolute atomic E-state index is 5.37. The van der Waals surface area contributed by atoms with Crippen LogP contribution in [0.1, 0.15) is 0 Å². The lowest BCUT2D eigenvalue weighted by atomic mass is 10.2. The number of aromatic amines is 1. The number of fused-ring (bicyclic) bond motifs is 1. The number of imidazole rings is 1. The van der Waals surface area contributed by atoms with Crippen LogP contribution in [0.2, 0.25) is 0 Å². The zero-order valence-electron chi connectivity index (χ0n) is 9.14. The number of aromatic nitrogens is 2. The molecule has 0 aliphatic carbocycles. The van der Waals surface area contributed by atoms with E-state index in [4.69, 9.17) is 5.84 Å². The van der Waals surface area contributed by atoms with Crippen LogP contribution in [0.15, 0.2) is 48.5 Å².